The van der Waals surface area contributed by atoms with Crippen LogP contribution in [0.15, 0.2) is 60.7 Å². The molecule has 2 aromatic rings. The zero-order chi connectivity index (χ0) is 18.8. The van der Waals surface area contributed by atoms with E-state index in [0.29, 0.717) is 6.61 Å². The normalized spacial score (nSPS) is 11.1. The molecule has 2 aromatic carbocycles. The van der Waals surface area contributed by atoms with Crippen molar-refractivity contribution >= 4 is 5.97 Å². The van der Waals surface area contributed by atoms with Gasteiger partial charge in [0.1, 0.15) is 12.0 Å². The van der Waals surface area contributed by atoms with Gasteiger partial charge in [0.05, 0.1) is 0 Å². The van der Waals surface area contributed by atoms with E-state index in [0.717, 1.165) is 43.6 Å². The van der Waals surface area contributed by atoms with E-state index < -0.39 is 5.41 Å². The molecular weight excluding hydrogens is 358 g/mol. The minimum absolute atomic E-state index is 0. The summed E-state index contributed by atoms with van der Waals surface area (Å²) < 4.78 is 5.82. The summed E-state index contributed by atoms with van der Waals surface area (Å²) in [6.45, 7) is 9.48. The second-order valence-corrected chi connectivity index (χ2v) is 6.55. The highest BCUT2D eigenvalue weighted by molar-refractivity contribution is 5.87. The van der Waals surface area contributed by atoms with Crippen molar-refractivity contribution in [2.45, 2.75) is 39.0 Å². The van der Waals surface area contributed by atoms with Gasteiger partial charge in [-0.3, -0.25) is 4.79 Å². The van der Waals surface area contributed by atoms with Crippen molar-refractivity contribution in [3.8, 4) is 0 Å². The number of likely N-dealkylation sites (N-methyl/N-ethyl adjacent to an activating group) is 1. The molecule has 4 heteroatoms. The zero-order valence-corrected chi connectivity index (χ0v) is 17.4. The Morgan fingerprint density at radius 3 is 1.78 bits per heavy atom. The van der Waals surface area contributed by atoms with Crippen molar-refractivity contribution in [3.63, 3.8) is 0 Å². The molecule has 0 aliphatic heterocycles. The Bertz CT molecular complexity index is 617. The minimum Gasteiger partial charge on any atom is -1.00 e. The average molecular weight is 389 g/mol. The number of benzene rings is 2. The Labute approximate surface area is 170 Å². The number of rotatable bonds is 10. The summed E-state index contributed by atoms with van der Waals surface area (Å²) in [7, 11) is 0. The van der Waals surface area contributed by atoms with E-state index in [-0.39, 0.29) is 18.4 Å². The predicted octanol–water partition coefficient (Wildman–Crippen LogP) is 1.66. The van der Waals surface area contributed by atoms with Crippen molar-refractivity contribution in [1.29, 1.82) is 0 Å². The molecule has 0 aromatic heterocycles. The molecule has 148 valence electrons. The maximum atomic E-state index is 13.4. The number of hydrogen-bond donors (Lipinski definition) is 0. The van der Waals surface area contributed by atoms with Gasteiger partial charge in [-0.1, -0.05) is 87.9 Å². The zero-order valence-electron chi connectivity index (χ0n) is 16.7. The molecule has 0 amide bonds. The molecule has 0 bridgehead atoms. The molecular formula is C23H31ClNO2-. The molecule has 0 saturated carbocycles. The lowest BCUT2D eigenvalue weighted by atomic mass is 9.71. The Hall–Kier alpha value is -1.84. The lowest BCUT2D eigenvalue weighted by Gasteiger charge is -2.33. The second kappa shape index (κ2) is 11.8. The number of halogens is 1. The lowest BCUT2D eigenvalue weighted by molar-refractivity contribution is -0.149. The number of hydrogen-bond acceptors (Lipinski definition) is 3. The Kier molecular flexibility index (Phi) is 10.1. The van der Waals surface area contributed by atoms with E-state index in [1.165, 1.54) is 0 Å². The quantitative estimate of drug-likeness (QED) is 0.580. The van der Waals surface area contributed by atoms with E-state index in [2.05, 4.69) is 25.7 Å². The van der Waals surface area contributed by atoms with Gasteiger partial charge in [0.2, 0.25) is 0 Å². The molecule has 0 atom stereocenters. The predicted molar refractivity (Wildman–Crippen MR) is 107 cm³/mol. The van der Waals surface area contributed by atoms with Crippen molar-refractivity contribution in [1.82, 2.24) is 4.90 Å². The maximum absolute atomic E-state index is 13.4. The summed E-state index contributed by atoms with van der Waals surface area (Å²) in [6.07, 6.45) is 1.63. The van der Waals surface area contributed by atoms with Crippen molar-refractivity contribution < 1.29 is 21.9 Å². The van der Waals surface area contributed by atoms with Crippen LogP contribution in [0.2, 0.25) is 0 Å². The summed E-state index contributed by atoms with van der Waals surface area (Å²) in [5.41, 5.74) is 1.25. The minimum atomic E-state index is -0.749. The van der Waals surface area contributed by atoms with Gasteiger partial charge in [-0.05, 0) is 30.6 Å². The van der Waals surface area contributed by atoms with Crippen LogP contribution in [0.3, 0.4) is 0 Å². The van der Waals surface area contributed by atoms with Crippen LogP contribution < -0.4 is 12.4 Å². The van der Waals surface area contributed by atoms with Gasteiger partial charge in [0, 0.05) is 6.54 Å². The number of ether oxygens (including phenoxy) is 1. The van der Waals surface area contributed by atoms with Crippen LogP contribution in [-0.4, -0.2) is 37.1 Å². The first-order valence-corrected chi connectivity index (χ1v) is 9.69. The van der Waals surface area contributed by atoms with Crippen molar-refractivity contribution in [3.05, 3.63) is 71.8 Å². The van der Waals surface area contributed by atoms with Gasteiger partial charge < -0.3 is 22.0 Å². The molecule has 0 unspecified atom stereocenters. The number of esters is 1. The largest absolute Gasteiger partial charge is 1.00 e. The first-order valence-electron chi connectivity index (χ1n) is 9.69. The van der Waals surface area contributed by atoms with Crippen LogP contribution in [-0.2, 0) is 14.9 Å². The van der Waals surface area contributed by atoms with Crippen molar-refractivity contribution in [2.75, 3.05) is 26.2 Å². The first-order chi connectivity index (χ1) is 12.7. The number of nitrogens with zero attached hydrogens (tertiary/aromatic N) is 1. The Balaban J connectivity index is 0.00000364. The lowest BCUT2D eigenvalue weighted by Crippen LogP contribution is -3.00. The standard InChI is InChI=1S/C23H31NO2.ClH/c1-4-17-23(20-13-9-7-10-14-20,21-15-11-8-12-16-21)22(25)26-19-18-24(5-2)6-3;/h7-16H,4-6,17-19H2,1-3H3;1H/p-1. The molecule has 0 spiro atoms. The summed E-state index contributed by atoms with van der Waals surface area (Å²) >= 11 is 0. The molecule has 0 aliphatic carbocycles. The van der Waals surface area contributed by atoms with Gasteiger partial charge >= 0.3 is 5.97 Å². The summed E-state index contributed by atoms with van der Waals surface area (Å²) in [4.78, 5) is 15.6. The van der Waals surface area contributed by atoms with Gasteiger partial charge in [-0.25, -0.2) is 0 Å². The van der Waals surface area contributed by atoms with E-state index in [4.69, 9.17) is 4.74 Å². The molecule has 0 heterocycles. The second-order valence-electron chi connectivity index (χ2n) is 6.55. The molecule has 0 aliphatic rings. The third kappa shape index (κ3) is 5.57. The highest BCUT2D eigenvalue weighted by atomic mass is 35.5. The van der Waals surface area contributed by atoms with E-state index in [9.17, 15) is 4.79 Å². The van der Waals surface area contributed by atoms with Crippen molar-refractivity contribution in [2.24, 2.45) is 0 Å². The maximum Gasteiger partial charge on any atom is 0.321 e. The molecule has 0 fully saturated rings. The van der Waals surface area contributed by atoms with Crippen LogP contribution in [0, 0.1) is 0 Å². The number of carbonyl (C=O) groups is 1. The fourth-order valence-corrected chi connectivity index (χ4v) is 3.54. The van der Waals surface area contributed by atoms with Gasteiger partial charge in [0.25, 0.3) is 0 Å². The molecule has 0 radical (unpaired) electrons. The third-order valence-electron chi connectivity index (χ3n) is 5.04. The van der Waals surface area contributed by atoms with Crippen LogP contribution in [0.4, 0.5) is 0 Å². The Morgan fingerprint density at radius 1 is 0.889 bits per heavy atom. The molecule has 27 heavy (non-hydrogen) atoms. The molecule has 0 saturated heterocycles. The molecule has 0 N–H and O–H groups in total. The van der Waals surface area contributed by atoms with Gasteiger partial charge in [-0.2, -0.15) is 0 Å². The summed E-state index contributed by atoms with van der Waals surface area (Å²) in [5, 5.41) is 0. The van der Waals surface area contributed by atoms with Gasteiger partial charge in [-0.15, -0.1) is 0 Å². The smallest absolute Gasteiger partial charge is 0.321 e. The fraction of sp³-hybridized carbons (Fsp3) is 0.435. The summed E-state index contributed by atoms with van der Waals surface area (Å²) in [6, 6.07) is 20.1. The van der Waals surface area contributed by atoms with Crippen LogP contribution in [0.25, 0.3) is 0 Å². The monoisotopic (exact) mass is 388 g/mol. The SMILES string of the molecule is CCCC(C(=O)OCCN(CC)CC)(c1ccccc1)c1ccccc1.[Cl-]. The van der Waals surface area contributed by atoms with Crippen LogP contribution in [0.1, 0.15) is 44.7 Å². The highest BCUT2D eigenvalue weighted by Crippen LogP contribution is 2.38. The third-order valence-corrected chi connectivity index (χ3v) is 5.04. The summed E-state index contributed by atoms with van der Waals surface area (Å²) in [5.74, 6) is -0.149. The van der Waals surface area contributed by atoms with Crippen LogP contribution >= 0.6 is 0 Å². The fourth-order valence-electron chi connectivity index (χ4n) is 3.54. The molecule has 2 rings (SSSR count). The first kappa shape index (κ1) is 23.2. The van der Waals surface area contributed by atoms with E-state index in [1.54, 1.807) is 0 Å². The van der Waals surface area contributed by atoms with Gasteiger partial charge in [0.15, 0.2) is 0 Å². The topological polar surface area (TPSA) is 29.5 Å². The number of carbonyl (C=O) groups excluding carboxylic acids is 1. The molecule has 3 nitrogen and oxygen atoms in total. The van der Waals surface area contributed by atoms with E-state index >= 15 is 0 Å². The average Bonchev–Trinajstić information content (AvgIpc) is 2.70. The van der Waals surface area contributed by atoms with E-state index in [1.807, 2.05) is 60.7 Å². The van der Waals surface area contributed by atoms with Crippen LogP contribution in [0.5, 0.6) is 0 Å². The Morgan fingerprint density at radius 2 is 1.37 bits per heavy atom. The highest BCUT2D eigenvalue weighted by Gasteiger charge is 2.42.